The van der Waals surface area contributed by atoms with Gasteiger partial charge in [0.2, 0.25) is 0 Å². The molecule has 0 saturated carbocycles. The van der Waals surface area contributed by atoms with Crippen molar-refractivity contribution >= 4 is 29.8 Å². The molecule has 0 radical (unpaired) electrons. The number of hydrogen-bond donors (Lipinski definition) is 0. The monoisotopic (exact) mass is 650 g/mol. The first-order valence-corrected chi connectivity index (χ1v) is 16.3. The quantitative estimate of drug-likeness (QED) is 0.0959. The first kappa shape index (κ1) is 37.0. The predicted octanol–water partition coefficient (Wildman–Crippen LogP) is 6.56. The Bertz CT molecular complexity index is 1340. The first-order valence-electron chi connectivity index (χ1n) is 16.3. The van der Waals surface area contributed by atoms with Crippen LogP contribution in [0.3, 0.4) is 0 Å². The molecule has 0 unspecified atom stereocenters. The van der Waals surface area contributed by atoms with Crippen LogP contribution in [0.5, 0.6) is 0 Å². The van der Waals surface area contributed by atoms with Gasteiger partial charge in [-0.3, -0.25) is 14.4 Å². The summed E-state index contributed by atoms with van der Waals surface area (Å²) in [5.74, 6) is -3.95. The van der Waals surface area contributed by atoms with Crippen molar-refractivity contribution in [2.45, 2.75) is 110 Å². The second-order valence-corrected chi connectivity index (χ2v) is 11.8. The predicted molar refractivity (Wildman–Crippen MR) is 173 cm³/mol. The molecular weight excluding hydrogens is 604 g/mol. The van der Waals surface area contributed by atoms with E-state index >= 15 is 0 Å². The third-order valence-electron chi connectivity index (χ3n) is 7.89. The Balaban J connectivity index is 1.96. The highest BCUT2D eigenvalue weighted by Gasteiger charge is 2.35. The van der Waals surface area contributed by atoms with Crippen LogP contribution in [0.1, 0.15) is 99.8 Å². The molecule has 1 heterocycles. The van der Waals surface area contributed by atoms with E-state index in [-0.39, 0.29) is 12.8 Å². The summed E-state index contributed by atoms with van der Waals surface area (Å²) in [5.41, 5.74) is 0.596. The van der Waals surface area contributed by atoms with E-state index in [1.165, 1.54) is 19.1 Å². The molecule has 6 atom stereocenters. The van der Waals surface area contributed by atoms with Gasteiger partial charge in [0.15, 0.2) is 6.10 Å². The summed E-state index contributed by atoms with van der Waals surface area (Å²) in [7, 11) is 0. The lowest BCUT2D eigenvalue weighted by molar-refractivity contribution is -0.164. The van der Waals surface area contributed by atoms with Gasteiger partial charge in [-0.1, -0.05) is 69.0 Å². The highest BCUT2D eigenvalue weighted by molar-refractivity contribution is 5.90. The van der Waals surface area contributed by atoms with Crippen molar-refractivity contribution in [1.29, 1.82) is 0 Å². The molecular formula is C37H46O10. The highest BCUT2D eigenvalue weighted by atomic mass is 16.6. The summed E-state index contributed by atoms with van der Waals surface area (Å²) < 4.78 is 28.6. The molecule has 2 aromatic rings. The smallest absolute Gasteiger partial charge is 0.338 e. The minimum atomic E-state index is -1.12. The van der Waals surface area contributed by atoms with Crippen LogP contribution >= 0.6 is 0 Å². The van der Waals surface area contributed by atoms with Gasteiger partial charge in [0.25, 0.3) is 0 Å². The van der Waals surface area contributed by atoms with E-state index in [0.717, 1.165) is 32.1 Å². The van der Waals surface area contributed by atoms with Gasteiger partial charge in [-0.2, -0.15) is 0 Å². The fourth-order valence-corrected chi connectivity index (χ4v) is 5.09. The molecule has 0 saturated heterocycles. The zero-order valence-electron chi connectivity index (χ0n) is 27.6. The largest absolute Gasteiger partial charge is 0.462 e. The minimum Gasteiger partial charge on any atom is -0.462 e. The summed E-state index contributed by atoms with van der Waals surface area (Å²) >= 11 is 0. The van der Waals surface area contributed by atoms with Gasteiger partial charge in [-0.25, -0.2) is 9.59 Å². The standard InChI is InChI=1S/C37H46O10/c1-5-6-7-8-15-20-30-23-33(47-37(42)29-18-13-10-14-19-29)32(46-36(41)28-16-11-9-12-17-28)22-21-31(24-34(39)44-30)45-35(40)25(2)26(3)43-27(4)38/h9-14,16-19,21-22,25-26,30-33H,5-8,15,20,23-24H2,1-4H3/b22-21+/t25-,26-,30+,31+,32+,33-/m0/s1. The number of unbranched alkanes of at least 4 members (excludes halogenated alkanes) is 4. The second kappa shape index (κ2) is 19.3. The van der Waals surface area contributed by atoms with Crippen LogP contribution in [0.2, 0.25) is 0 Å². The van der Waals surface area contributed by atoms with Gasteiger partial charge < -0.3 is 23.7 Å². The van der Waals surface area contributed by atoms with Crippen molar-refractivity contribution in [3.63, 3.8) is 0 Å². The number of rotatable bonds is 14. The lowest BCUT2D eigenvalue weighted by atomic mass is 9.98. The molecule has 0 amide bonds. The molecule has 2 aromatic carbocycles. The van der Waals surface area contributed by atoms with Crippen LogP contribution in [0.4, 0.5) is 0 Å². The number of carbonyl (C=O) groups is 5. The van der Waals surface area contributed by atoms with Gasteiger partial charge in [0.05, 0.1) is 23.5 Å². The van der Waals surface area contributed by atoms with E-state index in [1.807, 2.05) is 0 Å². The molecule has 1 aliphatic rings. The summed E-state index contributed by atoms with van der Waals surface area (Å²) in [4.78, 5) is 64.2. The van der Waals surface area contributed by atoms with E-state index in [9.17, 15) is 24.0 Å². The van der Waals surface area contributed by atoms with Gasteiger partial charge in [-0.15, -0.1) is 0 Å². The van der Waals surface area contributed by atoms with Crippen molar-refractivity contribution in [2.75, 3.05) is 0 Å². The minimum absolute atomic E-state index is 0.0799. The van der Waals surface area contributed by atoms with Crippen molar-refractivity contribution < 1.29 is 47.7 Å². The van der Waals surface area contributed by atoms with Gasteiger partial charge >= 0.3 is 29.8 Å². The maximum atomic E-state index is 13.3. The summed E-state index contributed by atoms with van der Waals surface area (Å²) in [6.07, 6.45) is 3.40. The van der Waals surface area contributed by atoms with Crippen molar-refractivity contribution in [3.05, 3.63) is 83.9 Å². The molecule has 10 nitrogen and oxygen atoms in total. The van der Waals surface area contributed by atoms with Crippen molar-refractivity contribution in [3.8, 4) is 0 Å². The number of benzene rings is 2. The van der Waals surface area contributed by atoms with Crippen LogP contribution in [0.25, 0.3) is 0 Å². The Morgan fingerprint density at radius 3 is 2.00 bits per heavy atom. The Morgan fingerprint density at radius 1 is 0.809 bits per heavy atom. The molecule has 10 heteroatoms. The lowest BCUT2D eigenvalue weighted by Gasteiger charge is -2.30. The lowest BCUT2D eigenvalue weighted by Crippen LogP contribution is -2.39. The molecule has 3 rings (SSSR count). The highest BCUT2D eigenvalue weighted by Crippen LogP contribution is 2.25. The van der Waals surface area contributed by atoms with Crippen LogP contribution < -0.4 is 0 Å². The molecule has 47 heavy (non-hydrogen) atoms. The Kier molecular flexibility index (Phi) is 15.2. The fourth-order valence-electron chi connectivity index (χ4n) is 5.09. The number of hydrogen-bond acceptors (Lipinski definition) is 10. The van der Waals surface area contributed by atoms with E-state index in [1.54, 1.807) is 74.5 Å². The second-order valence-electron chi connectivity index (χ2n) is 11.8. The molecule has 1 aliphatic heterocycles. The van der Waals surface area contributed by atoms with Crippen molar-refractivity contribution in [1.82, 2.24) is 0 Å². The number of cyclic esters (lactones) is 1. The topological polar surface area (TPSA) is 132 Å². The molecule has 0 bridgehead atoms. The molecule has 0 aromatic heterocycles. The number of carbonyl (C=O) groups excluding carboxylic acids is 5. The maximum Gasteiger partial charge on any atom is 0.338 e. The average molecular weight is 651 g/mol. The maximum absolute atomic E-state index is 13.3. The SMILES string of the molecule is CCCCCCC[C@@H]1C[C@H](OC(=O)c2ccccc2)[C@H](OC(=O)c2ccccc2)/C=C/[C@@H](OC(=O)[C@@H](C)[C@H](C)OC(C)=O)CC(=O)O1. The average Bonchev–Trinajstić information content (AvgIpc) is 3.05. The van der Waals surface area contributed by atoms with Crippen LogP contribution in [-0.2, 0) is 38.1 Å². The van der Waals surface area contributed by atoms with E-state index in [4.69, 9.17) is 23.7 Å². The van der Waals surface area contributed by atoms with Gasteiger partial charge in [-0.05, 0) is 63.1 Å². The molecule has 254 valence electrons. The third kappa shape index (κ3) is 12.7. The molecule has 0 aliphatic carbocycles. The molecule has 0 N–H and O–H groups in total. The Labute approximate surface area is 276 Å². The van der Waals surface area contributed by atoms with Gasteiger partial charge in [0, 0.05) is 13.3 Å². The Morgan fingerprint density at radius 2 is 1.40 bits per heavy atom. The normalized spacial score (nSPS) is 21.7. The molecule has 0 fully saturated rings. The first-order chi connectivity index (χ1) is 22.6. The van der Waals surface area contributed by atoms with E-state index in [2.05, 4.69) is 6.92 Å². The van der Waals surface area contributed by atoms with Crippen LogP contribution in [-0.4, -0.2) is 60.4 Å². The fraction of sp³-hybridized carbons (Fsp3) is 0.486. The summed E-state index contributed by atoms with van der Waals surface area (Å²) in [5, 5.41) is 0. The van der Waals surface area contributed by atoms with Crippen molar-refractivity contribution in [2.24, 2.45) is 5.92 Å². The van der Waals surface area contributed by atoms with Crippen LogP contribution in [0, 0.1) is 5.92 Å². The summed E-state index contributed by atoms with van der Waals surface area (Å²) in [6.45, 7) is 6.49. The number of ether oxygens (including phenoxy) is 5. The zero-order chi connectivity index (χ0) is 34.2. The Hall–Kier alpha value is -4.47. The molecule has 0 spiro atoms. The zero-order valence-corrected chi connectivity index (χ0v) is 27.6. The van der Waals surface area contributed by atoms with Gasteiger partial charge in [0.1, 0.15) is 24.4 Å². The van der Waals surface area contributed by atoms with E-state index in [0.29, 0.717) is 17.5 Å². The summed E-state index contributed by atoms with van der Waals surface area (Å²) in [6, 6.07) is 16.8. The van der Waals surface area contributed by atoms with Crippen LogP contribution in [0.15, 0.2) is 72.8 Å². The van der Waals surface area contributed by atoms with E-state index < -0.39 is 66.3 Å². The third-order valence-corrected chi connectivity index (χ3v) is 7.89. The number of esters is 5.